The van der Waals surface area contributed by atoms with E-state index in [0.29, 0.717) is 18.1 Å². The molecule has 106 valence electrons. The minimum absolute atomic E-state index is 0.430. The van der Waals surface area contributed by atoms with Crippen LogP contribution in [0, 0.1) is 0 Å². The Labute approximate surface area is 122 Å². The summed E-state index contributed by atoms with van der Waals surface area (Å²) in [5.41, 5.74) is 1.32. The molecule has 1 saturated heterocycles. The fourth-order valence-corrected chi connectivity index (χ4v) is 3.17. The Balaban J connectivity index is 2.16. The summed E-state index contributed by atoms with van der Waals surface area (Å²) in [4.78, 5) is 2.64. The third-order valence-electron chi connectivity index (χ3n) is 4.33. The van der Waals surface area contributed by atoms with Crippen molar-refractivity contribution in [2.75, 3.05) is 13.1 Å². The van der Waals surface area contributed by atoms with Gasteiger partial charge in [-0.15, -0.1) is 0 Å². The van der Waals surface area contributed by atoms with Gasteiger partial charge in [-0.05, 0) is 37.5 Å². The van der Waals surface area contributed by atoms with E-state index in [0.717, 1.165) is 18.1 Å². The van der Waals surface area contributed by atoms with Crippen LogP contribution in [0.15, 0.2) is 24.3 Å². The highest BCUT2D eigenvalue weighted by Gasteiger charge is 2.29. The minimum Gasteiger partial charge on any atom is -0.311 e. The fourth-order valence-electron chi connectivity index (χ4n) is 2.97. The summed E-state index contributed by atoms with van der Waals surface area (Å²) in [5.74, 6) is 0. The summed E-state index contributed by atoms with van der Waals surface area (Å²) in [5, 5.41) is 4.48. The van der Waals surface area contributed by atoms with E-state index in [-0.39, 0.29) is 0 Å². The smallest absolute Gasteiger partial charge is 0.0409 e. The maximum atomic E-state index is 6.12. The van der Waals surface area contributed by atoms with Crippen molar-refractivity contribution in [2.24, 2.45) is 0 Å². The van der Waals surface area contributed by atoms with E-state index in [1.54, 1.807) is 0 Å². The molecule has 0 amide bonds. The van der Waals surface area contributed by atoms with Gasteiger partial charge in [0.25, 0.3) is 0 Å². The van der Waals surface area contributed by atoms with Crippen molar-refractivity contribution in [3.8, 4) is 0 Å². The van der Waals surface area contributed by atoms with Gasteiger partial charge >= 0.3 is 0 Å². The Morgan fingerprint density at radius 3 is 2.79 bits per heavy atom. The van der Waals surface area contributed by atoms with Gasteiger partial charge in [0.05, 0.1) is 0 Å². The summed E-state index contributed by atoms with van der Waals surface area (Å²) in [6.07, 6.45) is 2.38. The molecule has 1 fully saturated rings. The molecular formula is C16H25ClN2. The van der Waals surface area contributed by atoms with Gasteiger partial charge in [-0.3, -0.25) is 4.90 Å². The van der Waals surface area contributed by atoms with Crippen molar-refractivity contribution in [3.63, 3.8) is 0 Å². The number of rotatable bonds is 4. The van der Waals surface area contributed by atoms with E-state index in [4.69, 9.17) is 11.6 Å². The lowest BCUT2D eigenvalue weighted by atomic mass is 9.99. The van der Waals surface area contributed by atoms with Gasteiger partial charge < -0.3 is 5.32 Å². The topological polar surface area (TPSA) is 15.3 Å². The molecule has 1 N–H and O–H groups in total. The second kappa shape index (κ2) is 6.74. The monoisotopic (exact) mass is 280 g/mol. The molecule has 0 spiro atoms. The second-order valence-corrected chi connectivity index (χ2v) is 5.94. The molecule has 1 heterocycles. The maximum absolute atomic E-state index is 6.12. The molecular weight excluding hydrogens is 256 g/mol. The summed E-state index contributed by atoms with van der Waals surface area (Å²) >= 11 is 6.12. The Morgan fingerprint density at radius 2 is 2.16 bits per heavy atom. The molecule has 3 atom stereocenters. The number of piperazine rings is 1. The van der Waals surface area contributed by atoms with Crippen LogP contribution >= 0.6 is 11.6 Å². The quantitative estimate of drug-likeness (QED) is 0.901. The number of nitrogens with zero attached hydrogens (tertiary/aromatic N) is 1. The molecule has 3 unspecified atom stereocenters. The average molecular weight is 281 g/mol. The van der Waals surface area contributed by atoms with Crippen molar-refractivity contribution in [1.29, 1.82) is 0 Å². The molecule has 2 rings (SSSR count). The van der Waals surface area contributed by atoms with Crippen LogP contribution in [0.25, 0.3) is 0 Å². The van der Waals surface area contributed by atoms with Crippen LogP contribution in [0.2, 0.25) is 5.02 Å². The van der Waals surface area contributed by atoms with Crippen LogP contribution in [0.5, 0.6) is 0 Å². The molecule has 3 heteroatoms. The molecule has 1 aliphatic rings. The Morgan fingerprint density at radius 1 is 1.37 bits per heavy atom. The zero-order valence-corrected chi connectivity index (χ0v) is 13.0. The first-order valence-electron chi connectivity index (χ1n) is 7.40. The average Bonchev–Trinajstić information content (AvgIpc) is 2.45. The van der Waals surface area contributed by atoms with Gasteiger partial charge in [-0.1, -0.05) is 37.6 Å². The van der Waals surface area contributed by atoms with Gasteiger partial charge in [0.15, 0.2) is 0 Å². The number of benzene rings is 1. The van der Waals surface area contributed by atoms with Crippen molar-refractivity contribution in [2.45, 2.75) is 51.7 Å². The normalized spacial score (nSPS) is 26.3. The van der Waals surface area contributed by atoms with E-state index in [9.17, 15) is 0 Å². The molecule has 0 aliphatic carbocycles. The van der Waals surface area contributed by atoms with Crippen LogP contribution in [-0.2, 0) is 0 Å². The SMILES string of the molecule is CCC1CN(C(C)c2cccc(Cl)c2)C(CC)CN1. The molecule has 0 aromatic heterocycles. The number of hydrogen-bond donors (Lipinski definition) is 1. The Kier molecular flexibility index (Phi) is 5.26. The lowest BCUT2D eigenvalue weighted by Gasteiger charge is -2.43. The van der Waals surface area contributed by atoms with Crippen LogP contribution in [0.4, 0.5) is 0 Å². The third-order valence-corrected chi connectivity index (χ3v) is 4.57. The number of halogens is 1. The van der Waals surface area contributed by atoms with Crippen molar-refractivity contribution < 1.29 is 0 Å². The summed E-state index contributed by atoms with van der Waals surface area (Å²) in [6, 6.07) is 9.95. The molecule has 2 nitrogen and oxygen atoms in total. The van der Waals surface area contributed by atoms with E-state index < -0.39 is 0 Å². The highest BCUT2D eigenvalue weighted by Crippen LogP contribution is 2.27. The molecule has 0 bridgehead atoms. The minimum atomic E-state index is 0.430. The predicted octanol–water partition coefficient (Wildman–Crippen LogP) is 3.86. The zero-order chi connectivity index (χ0) is 13.8. The largest absolute Gasteiger partial charge is 0.311 e. The van der Waals surface area contributed by atoms with Crippen LogP contribution in [0.1, 0.15) is 45.2 Å². The molecule has 1 aromatic carbocycles. The highest BCUT2D eigenvalue weighted by atomic mass is 35.5. The molecule has 1 aliphatic heterocycles. The lowest BCUT2D eigenvalue weighted by molar-refractivity contribution is 0.0850. The molecule has 1 aromatic rings. The van der Waals surface area contributed by atoms with Gasteiger partial charge in [0.2, 0.25) is 0 Å². The predicted molar refractivity (Wildman–Crippen MR) is 82.7 cm³/mol. The van der Waals surface area contributed by atoms with Gasteiger partial charge in [0, 0.05) is 36.2 Å². The van der Waals surface area contributed by atoms with Crippen LogP contribution in [0.3, 0.4) is 0 Å². The zero-order valence-electron chi connectivity index (χ0n) is 12.2. The maximum Gasteiger partial charge on any atom is 0.0409 e. The summed E-state index contributed by atoms with van der Waals surface area (Å²) in [7, 11) is 0. The number of hydrogen-bond acceptors (Lipinski definition) is 2. The van der Waals surface area contributed by atoms with Crippen LogP contribution in [-0.4, -0.2) is 30.1 Å². The van der Waals surface area contributed by atoms with Gasteiger partial charge in [-0.2, -0.15) is 0 Å². The van der Waals surface area contributed by atoms with Gasteiger partial charge in [0.1, 0.15) is 0 Å². The van der Waals surface area contributed by atoms with E-state index in [2.05, 4.69) is 49.2 Å². The van der Waals surface area contributed by atoms with Crippen LogP contribution < -0.4 is 5.32 Å². The first-order chi connectivity index (χ1) is 9.15. The van der Waals surface area contributed by atoms with Gasteiger partial charge in [-0.25, -0.2) is 0 Å². The second-order valence-electron chi connectivity index (χ2n) is 5.50. The Bertz CT molecular complexity index is 407. The molecule has 19 heavy (non-hydrogen) atoms. The molecule has 0 saturated carbocycles. The number of nitrogens with one attached hydrogen (secondary N) is 1. The first kappa shape index (κ1) is 14.8. The lowest BCUT2D eigenvalue weighted by Crippen LogP contribution is -2.56. The van der Waals surface area contributed by atoms with Crippen molar-refractivity contribution in [3.05, 3.63) is 34.9 Å². The van der Waals surface area contributed by atoms with E-state index in [1.807, 2.05) is 6.07 Å². The van der Waals surface area contributed by atoms with E-state index in [1.165, 1.54) is 18.4 Å². The van der Waals surface area contributed by atoms with E-state index >= 15 is 0 Å². The molecule has 0 radical (unpaired) electrons. The van der Waals surface area contributed by atoms with Crippen molar-refractivity contribution >= 4 is 11.6 Å². The van der Waals surface area contributed by atoms with Crippen molar-refractivity contribution in [1.82, 2.24) is 10.2 Å². The Hall–Kier alpha value is -0.570. The first-order valence-corrected chi connectivity index (χ1v) is 7.78. The third kappa shape index (κ3) is 3.50. The standard InChI is InChI=1S/C16H25ClN2/c1-4-15-11-19(16(5-2)10-18-15)12(3)13-7-6-8-14(17)9-13/h6-9,12,15-16,18H,4-5,10-11H2,1-3H3. The highest BCUT2D eigenvalue weighted by molar-refractivity contribution is 6.30. The summed E-state index contributed by atoms with van der Waals surface area (Å²) < 4.78 is 0. The fraction of sp³-hybridized carbons (Fsp3) is 0.625. The summed E-state index contributed by atoms with van der Waals surface area (Å²) in [6.45, 7) is 9.05.